The number of benzene rings is 2. The zero-order valence-electron chi connectivity index (χ0n) is 18.4. The van der Waals surface area contributed by atoms with Gasteiger partial charge in [0.1, 0.15) is 5.82 Å². The van der Waals surface area contributed by atoms with Crippen molar-refractivity contribution in [1.29, 1.82) is 0 Å². The summed E-state index contributed by atoms with van der Waals surface area (Å²) in [6.45, 7) is 7.25. The summed E-state index contributed by atoms with van der Waals surface area (Å²) in [6, 6.07) is 11.7. The molecular weight excluding hydrogens is 431 g/mol. The normalized spacial score (nSPS) is 19.3. The van der Waals surface area contributed by atoms with E-state index in [1.807, 2.05) is 17.9 Å². The molecule has 7 nitrogen and oxygen atoms in total. The van der Waals surface area contributed by atoms with Gasteiger partial charge in [0.25, 0.3) is 0 Å². The standard InChI is InChI=1S/C23H29FN4O3S/c1-17-15-19-16-20(7-8-22(19)28(17)18(2)29)32(30,31)25-9-10-26-11-13-27(14-12-26)23-6-4-3-5-21(23)24/h3-8,16-17,25H,9-15H2,1-2H3/t17-/m1/s1. The lowest BCUT2D eigenvalue weighted by Crippen LogP contribution is -2.48. The molecule has 172 valence electrons. The first-order valence-electron chi connectivity index (χ1n) is 10.9. The Kier molecular flexibility index (Phi) is 6.50. The smallest absolute Gasteiger partial charge is 0.240 e. The minimum absolute atomic E-state index is 0.0245. The van der Waals surface area contributed by atoms with Crippen LogP contribution in [0.5, 0.6) is 0 Å². The Labute approximate surface area is 188 Å². The maximum absolute atomic E-state index is 14.0. The Morgan fingerprint density at radius 3 is 2.50 bits per heavy atom. The van der Waals surface area contributed by atoms with Gasteiger partial charge < -0.3 is 9.80 Å². The average Bonchev–Trinajstić information content (AvgIpc) is 3.09. The number of halogens is 1. The van der Waals surface area contributed by atoms with Crippen LogP contribution in [-0.4, -0.2) is 64.5 Å². The van der Waals surface area contributed by atoms with Gasteiger partial charge >= 0.3 is 0 Å². The summed E-state index contributed by atoms with van der Waals surface area (Å²) in [6.07, 6.45) is 0.643. The highest BCUT2D eigenvalue weighted by Crippen LogP contribution is 2.33. The van der Waals surface area contributed by atoms with Crippen LogP contribution in [0.4, 0.5) is 15.8 Å². The van der Waals surface area contributed by atoms with Gasteiger partial charge in [-0.3, -0.25) is 9.69 Å². The fourth-order valence-corrected chi connectivity index (χ4v) is 5.67. The van der Waals surface area contributed by atoms with Crippen molar-refractivity contribution in [1.82, 2.24) is 9.62 Å². The first-order chi connectivity index (χ1) is 15.3. The highest BCUT2D eigenvalue weighted by Gasteiger charge is 2.30. The molecule has 2 heterocycles. The van der Waals surface area contributed by atoms with Crippen LogP contribution in [0.3, 0.4) is 0 Å². The van der Waals surface area contributed by atoms with Crippen LogP contribution in [0.2, 0.25) is 0 Å². The number of piperazine rings is 1. The van der Waals surface area contributed by atoms with E-state index in [-0.39, 0.29) is 22.7 Å². The predicted molar refractivity (Wildman–Crippen MR) is 123 cm³/mol. The third-order valence-corrected chi connectivity index (χ3v) is 7.66. The molecule has 2 aliphatic heterocycles. The molecule has 0 aromatic heterocycles. The van der Waals surface area contributed by atoms with Crippen molar-refractivity contribution in [3.05, 3.63) is 53.8 Å². The molecule has 2 aromatic carbocycles. The van der Waals surface area contributed by atoms with Crippen molar-refractivity contribution in [2.75, 3.05) is 49.1 Å². The number of rotatable bonds is 6. The zero-order chi connectivity index (χ0) is 22.9. The van der Waals surface area contributed by atoms with Crippen molar-refractivity contribution in [2.24, 2.45) is 0 Å². The van der Waals surface area contributed by atoms with Crippen molar-refractivity contribution < 1.29 is 17.6 Å². The number of carbonyl (C=O) groups is 1. The van der Waals surface area contributed by atoms with Crippen LogP contribution in [0.1, 0.15) is 19.4 Å². The van der Waals surface area contributed by atoms with Gasteiger partial charge in [-0.1, -0.05) is 12.1 Å². The molecule has 32 heavy (non-hydrogen) atoms. The second kappa shape index (κ2) is 9.17. The molecule has 0 radical (unpaired) electrons. The Bertz CT molecular complexity index is 1100. The SMILES string of the molecule is CC(=O)N1c2ccc(S(=O)(=O)NCCN3CCN(c4ccccc4F)CC3)cc2C[C@H]1C. The first kappa shape index (κ1) is 22.7. The lowest BCUT2D eigenvalue weighted by Gasteiger charge is -2.36. The Morgan fingerprint density at radius 2 is 1.81 bits per heavy atom. The van der Waals surface area contributed by atoms with Gasteiger partial charge in [0.15, 0.2) is 0 Å². The highest BCUT2D eigenvalue weighted by atomic mass is 32.2. The summed E-state index contributed by atoms with van der Waals surface area (Å²) in [5.41, 5.74) is 2.28. The van der Waals surface area contributed by atoms with E-state index in [4.69, 9.17) is 0 Å². The maximum Gasteiger partial charge on any atom is 0.240 e. The molecule has 4 rings (SSSR count). The van der Waals surface area contributed by atoms with E-state index >= 15 is 0 Å². The van der Waals surface area contributed by atoms with Crippen LogP contribution < -0.4 is 14.5 Å². The van der Waals surface area contributed by atoms with Gasteiger partial charge in [0, 0.05) is 57.9 Å². The molecule has 9 heteroatoms. The van der Waals surface area contributed by atoms with E-state index in [1.165, 1.54) is 13.0 Å². The van der Waals surface area contributed by atoms with E-state index < -0.39 is 10.0 Å². The molecular formula is C23H29FN4O3S. The van der Waals surface area contributed by atoms with Gasteiger partial charge in [0.05, 0.1) is 10.6 Å². The summed E-state index contributed by atoms with van der Waals surface area (Å²) in [7, 11) is -3.64. The van der Waals surface area contributed by atoms with E-state index in [0.29, 0.717) is 38.3 Å². The molecule has 1 amide bonds. The Morgan fingerprint density at radius 1 is 1.09 bits per heavy atom. The summed E-state index contributed by atoms with van der Waals surface area (Å²) >= 11 is 0. The summed E-state index contributed by atoms with van der Waals surface area (Å²) in [4.78, 5) is 18.0. The van der Waals surface area contributed by atoms with Crippen LogP contribution >= 0.6 is 0 Å². The number of carbonyl (C=O) groups excluding carboxylic acids is 1. The molecule has 0 bridgehead atoms. The van der Waals surface area contributed by atoms with E-state index in [1.54, 1.807) is 35.2 Å². The second-order valence-electron chi connectivity index (χ2n) is 8.41. The van der Waals surface area contributed by atoms with Crippen molar-refractivity contribution in [3.8, 4) is 0 Å². The molecule has 0 spiro atoms. The van der Waals surface area contributed by atoms with E-state index in [0.717, 1.165) is 24.3 Å². The van der Waals surface area contributed by atoms with E-state index in [2.05, 4.69) is 9.62 Å². The lowest BCUT2D eigenvalue weighted by molar-refractivity contribution is -0.116. The van der Waals surface area contributed by atoms with Crippen molar-refractivity contribution in [3.63, 3.8) is 0 Å². The molecule has 2 aromatic rings. The average molecular weight is 461 g/mol. The lowest BCUT2D eigenvalue weighted by atomic mass is 10.1. The van der Waals surface area contributed by atoms with Gasteiger partial charge in [-0.2, -0.15) is 0 Å². The summed E-state index contributed by atoms with van der Waals surface area (Å²) in [5.74, 6) is -0.260. The molecule has 0 aliphatic carbocycles. The number of nitrogens with one attached hydrogen (secondary N) is 1. The Balaban J connectivity index is 1.31. The number of anilines is 2. The topological polar surface area (TPSA) is 73.0 Å². The van der Waals surface area contributed by atoms with Gasteiger partial charge in [-0.05, 0) is 49.2 Å². The Hall–Kier alpha value is -2.49. The first-order valence-corrected chi connectivity index (χ1v) is 12.4. The largest absolute Gasteiger partial charge is 0.367 e. The van der Waals surface area contributed by atoms with Crippen LogP contribution in [0, 0.1) is 5.82 Å². The molecule has 1 N–H and O–H groups in total. The summed E-state index contributed by atoms with van der Waals surface area (Å²) < 4.78 is 42.2. The highest BCUT2D eigenvalue weighted by molar-refractivity contribution is 7.89. The monoisotopic (exact) mass is 460 g/mol. The fourth-order valence-electron chi connectivity index (χ4n) is 4.60. The molecule has 1 atom stereocenters. The number of fused-ring (bicyclic) bond motifs is 1. The number of para-hydroxylation sites is 1. The maximum atomic E-state index is 14.0. The predicted octanol–water partition coefficient (Wildman–Crippen LogP) is 2.22. The van der Waals surface area contributed by atoms with E-state index in [9.17, 15) is 17.6 Å². The molecule has 1 fully saturated rings. The number of amides is 1. The van der Waals surface area contributed by atoms with Crippen LogP contribution in [0.25, 0.3) is 0 Å². The fraction of sp³-hybridized carbons (Fsp3) is 0.435. The number of nitrogens with zero attached hydrogens (tertiary/aromatic N) is 3. The third-order valence-electron chi connectivity index (χ3n) is 6.20. The van der Waals surface area contributed by atoms with Crippen LogP contribution in [0.15, 0.2) is 47.4 Å². The van der Waals surface area contributed by atoms with Crippen molar-refractivity contribution in [2.45, 2.75) is 31.2 Å². The second-order valence-corrected chi connectivity index (χ2v) is 10.2. The van der Waals surface area contributed by atoms with Gasteiger partial charge in [-0.15, -0.1) is 0 Å². The molecule has 1 saturated heterocycles. The molecule has 2 aliphatic rings. The number of sulfonamides is 1. The van der Waals surface area contributed by atoms with Crippen molar-refractivity contribution >= 4 is 27.3 Å². The van der Waals surface area contributed by atoms with Crippen LogP contribution in [-0.2, 0) is 21.2 Å². The quantitative estimate of drug-likeness (QED) is 0.716. The molecule has 0 unspecified atom stereocenters. The minimum atomic E-state index is -3.64. The number of hydrogen-bond acceptors (Lipinski definition) is 5. The van der Waals surface area contributed by atoms with Gasteiger partial charge in [0.2, 0.25) is 15.9 Å². The van der Waals surface area contributed by atoms with Gasteiger partial charge in [-0.25, -0.2) is 17.5 Å². The third kappa shape index (κ3) is 4.65. The minimum Gasteiger partial charge on any atom is -0.367 e. The zero-order valence-corrected chi connectivity index (χ0v) is 19.2. The molecule has 0 saturated carbocycles. The summed E-state index contributed by atoms with van der Waals surface area (Å²) in [5, 5.41) is 0. The number of hydrogen-bond donors (Lipinski definition) is 1.